The van der Waals surface area contributed by atoms with E-state index in [4.69, 9.17) is 14.2 Å². The zero-order chi connectivity index (χ0) is 21.3. The van der Waals surface area contributed by atoms with Crippen LogP contribution in [-0.2, 0) is 11.5 Å². The van der Waals surface area contributed by atoms with E-state index in [-0.39, 0.29) is 5.78 Å². The fourth-order valence-corrected chi connectivity index (χ4v) is 3.71. The van der Waals surface area contributed by atoms with Crippen molar-refractivity contribution in [3.63, 3.8) is 0 Å². The Balaban J connectivity index is 1.71. The number of rotatable bonds is 6. The summed E-state index contributed by atoms with van der Waals surface area (Å²) >= 11 is 0. The normalized spacial score (nSPS) is 14.7. The SMILES string of the molecule is COCn1cc(/C=C/C(=O)c2ccc(OC)c3c2OC(C)(C)C=C3)c2ccccc21. The molecule has 4 rings (SSSR count). The highest BCUT2D eigenvalue weighted by atomic mass is 16.5. The molecule has 0 atom stereocenters. The Morgan fingerprint density at radius 1 is 1.17 bits per heavy atom. The van der Waals surface area contributed by atoms with Gasteiger partial charge in [0.15, 0.2) is 5.78 Å². The topological polar surface area (TPSA) is 49.7 Å². The molecule has 5 heteroatoms. The van der Waals surface area contributed by atoms with Crippen molar-refractivity contribution < 1.29 is 19.0 Å². The summed E-state index contributed by atoms with van der Waals surface area (Å²) in [6.45, 7) is 4.37. The predicted molar refractivity (Wildman–Crippen MR) is 119 cm³/mol. The first kappa shape index (κ1) is 20.0. The Hall–Kier alpha value is -3.31. The van der Waals surface area contributed by atoms with Crippen LogP contribution < -0.4 is 9.47 Å². The molecule has 0 saturated carbocycles. The molecule has 1 aromatic heterocycles. The van der Waals surface area contributed by atoms with E-state index < -0.39 is 5.60 Å². The summed E-state index contributed by atoms with van der Waals surface area (Å²) in [6.07, 6.45) is 9.35. The third-order valence-corrected chi connectivity index (χ3v) is 5.16. The minimum atomic E-state index is -0.494. The number of nitrogens with zero attached hydrogens (tertiary/aromatic N) is 1. The summed E-state index contributed by atoms with van der Waals surface area (Å²) in [4.78, 5) is 13.1. The summed E-state index contributed by atoms with van der Waals surface area (Å²) < 4.78 is 18.9. The third kappa shape index (κ3) is 3.64. The van der Waals surface area contributed by atoms with Gasteiger partial charge in [-0.15, -0.1) is 0 Å². The summed E-state index contributed by atoms with van der Waals surface area (Å²) in [6, 6.07) is 11.6. The second-order valence-electron chi connectivity index (χ2n) is 7.78. The number of allylic oxidation sites excluding steroid dienone is 1. The number of hydrogen-bond donors (Lipinski definition) is 0. The molecule has 3 aromatic rings. The molecular weight excluding hydrogens is 378 g/mol. The Kier molecular flexibility index (Phi) is 5.22. The lowest BCUT2D eigenvalue weighted by atomic mass is 9.97. The lowest BCUT2D eigenvalue weighted by Gasteiger charge is -2.29. The number of benzene rings is 2. The number of aromatic nitrogens is 1. The van der Waals surface area contributed by atoms with Crippen LogP contribution >= 0.6 is 0 Å². The minimum absolute atomic E-state index is 0.122. The molecule has 0 saturated heterocycles. The van der Waals surface area contributed by atoms with E-state index in [1.54, 1.807) is 32.4 Å². The number of fused-ring (bicyclic) bond motifs is 2. The Morgan fingerprint density at radius 3 is 2.73 bits per heavy atom. The monoisotopic (exact) mass is 403 g/mol. The highest BCUT2D eigenvalue weighted by Crippen LogP contribution is 2.40. The van der Waals surface area contributed by atoms with Crippen LogP contribution in [0.25, 0.3) is 23.1 Å². The van der Waals surface area contributed by atoms with Crippen LogP contribution in [0.5, 0.6) is 11.5 Å². The number of ketones is 1. The van der Waals surface area contributed by atoms with Gasteiger partial charge in [-0.1, -0.05) is 18.2 Å². The number of para-hydroxylation sites is 1. The number of carbonyl (C=O) groups excluding carboxylic acids is 1. The zero-order valence-electron chi connectivity index (χ0n) is 17.6. The number of hydrogen-bond acceptors (Lipinski definition) is 4. The molecule has 154 valence electrons. The van der Waals surface area contributed by atoms with Gasteiger partial charge in [0, 0.05) is 24.3 Å². The second-order valence-corrected chi connectivity index (χ2v) is 7.78. The molecular formula is C25H25NO4. The fourth-order valence-electron chi connectivity index (χ4n) is 3.71. The molecule has 2 heterocycles. The van der Waals surface area contributed by atoms with Gasteiger partial charge >= 0.3 is 0 Å². The first-order chi connectivity index (χ1) is 14.4. The van der Waals surface area contributed by atoms with Gasteiger partial charge in [-0.25, -0.2) is 0 Å². The van der Waals surface area contributed by atoms with Crippen LogP contribution in [0.3, 0.4) is 0 Å². The lowest BCUT2D eigenvalue weighted by molar-refractivity contribution is 0.103. The summed E-state index contributed by atoms with van der Waals surface area (Å²) in [5.41, 5.74) is 2.82. The van der Waals surface area contributed by atoms with Gasteiger partial charge in [-0.05, 0) is 56.4 Å². The standard InChI is InChI=1S/C25H25NO4/c1-25(2)14-13-20-23(29-4)12-10-19(24(20)30-25)22(27)11-9-17-15-26(16-28-3)21-8-6-5-7-18(17)21/h5-15H,16H2,1-4H3/b11-9+. The second kappa shape index (κ2) is 7.84. The van der Waals surface area contributed by atoms with Crippen molar-refractivity contribution in [2.75, 3.05) is 14.2 Å². The van der Waals surface area contributed by atoms with Gasteiger partial charge in [0.05, 0.1) is 23.8 Å². The molecule has 0 N–H and O–H groups in total. The van der Waals surface area contributed by atoms with E-state index in [1.807, 2.05) is 67.1 Å². The Morgan fingerprint density at radius 2 is 1.97 bits per heavy atom. The molecule has 0 aliphatic carbocycles. The molecule has 30 heavy (non-hydrogen) atoms. The molecule has 0 unspecified atom stereocenters. The zero-order valence-corrected chi connectivity index (χ0v) is 17.6. The van der Waals surface area contributed by atoms with Crippen molar-refractivity contribution in [3.8, 4) is 11.5 Å². The van der Waals surface area contributed by atoms with Gasteiger partial charge < -0.3 is 18.8 Å². The molecule has 0 radical (unpaired) electrons. The van der Waals surface area contributed by atoms with Gasteiger partial charge in [-0.3, -0.25) is 4.79 Å². The largest absolute Gasteiger partial charge is 0.496 e. The van der Waals surface area contributed by atoms with Gasteiger partial charge in [0.1, 0.15) is 23.8 Å². The maximum atomic E-state index is 13.1. The maximum Gasteiger partial charge on any atom is 0.189 e. The van der Waals surface area contributed by atoms with Crippen molar-refractivity contribution in [2.24, 2.45) is 0 Å². The highest BCUT2D eigenvalue weighted by molar-refractivity contribution is 6.10. The van der Waals surface area contributed by atoms with Gasteiger partial charge in [0.2, 0.25) is 0 Å². The summed E-state index contributed by atoms with van der Waals surface area (Å²) in [5, 5.41) is 1.07. The average molecular weight is 403 g/mol. The van der Waals surface area contributed by atoms with Crippen LogP contribution in [0, 0.1) is 0 Å². The fraction of sp³-hybridized carbons (Fsp3) is 0.240. The molecule has 0 bridgehead atoms. The minimum Gasteiger partial charge on any atom is -0.496 e. The lowest BCUT2D eigenvalue weighted by Crippen LogP contribution is -2.28. The van der Waals surface area contributed by atoms with Gasteiger partial charge in [0.25, 0.3) is 0 Å². The number of ether oxygens (including phenoxy) is 3. The van der Waals surface area contributed by atoms with E-state index in [1.165, 1.54) is 0 Å². The first-order valence-corrected chi connectivity index (χ1v) is 9.82. The Bertz CT molecular complexity index is 1170. The first-order valence-electron chi connectivity index (χ1n) is 9.82. The van der Waals surface area contributed by atoms with Crippen molar-refractivity contribution in [3.05, 3.63) is 71.4 Å². The van der Waals surface area contributed by atoms with E-state index in [2.05, 4.69) is 0 Å². The highest BCUT2D eigenvalue weighted by Gasteiger charge is 2.27. The third-order valence-electron chi connectivity index (χ3n) is 5.16. The quantitative estimate of drug-likeness (QED) is 0.412. The maximum absolute atomic E-state index is 13.1. The van der Waals surface area contributed by atoms with Crippen LogP contribution in [0.2, 0.25) is 0 Å². The number of carbonyl (C=O) groups is 1. The van der Waals surface area contributed by atoms with E-state index in [9.17, 15) is 4.79 Å². The van der Waals surface area contributed by atoms with E-state index in [0.29, 0.717) is 23.8 Å². The van der Waals surface area contributed by atoms with Crippen molar-refractivity contribution >= 4 is 28.8 Å². The van der Waals surface area contributed by atoms with Crippen molar-refractivity contribution in [2.45, 2.75) is 26.2 Å². The Labute approximate surface area is 176 Å². The molecule has 0 amide bonds. The van der Waals surface area contributed by atoms with E-state index >= 15 is 0 Å². The average Bonchev–Trinajstić information content (AvgIpc) is 3.08. The van der Waals surface area contributed by atoms with Crippen LogP contribution in [0.1, 0.15) is 35.3 Å². The smallest absolute Gasteiger partial charge is 0.189 e. The van der Waals surface area contributed by atoms with Crippen LogP contribution in [0.15, 0.2) is 54.7 Å². The van der Waals surface area contributed by atoms with Crippen LogP contribution in [0.4, 0.5) is 0 Å². The molecule has 0 fully saturated rings. The van der Waals surface area contributed by atoms with Crippen molar-refractivity contribution in [1.29, 1.82) is 0 Å². The summed E-state index contributed by atoms with van der Waals surface area (Å²) in [5.74, 6) is 1.11. The van der Waals surface area contributed by atoms with Crippen molar-refractivity contribution in [1.82, 2.24) is 4.57 Å². The molecule has 2 aromatic carbocycles. The molecule has 0 spiro atoms. The molecule has 5 nitrogen and oxygen atoms in total. The van der Waals surface area contributed by atoms with E-state index in [0.717, 1.165) is 22.0 Å². The summed E-state index contributed by atoms with van der Waals surface area (Å²) in [7, 11) is 3.27. The van der Waals surface area contributed by atoms with Gasteiger partial charge in [-0.2, -0.15) is 0 Å². The molecule has 1 aliphatic rings. The van der Waals surface area contributed by atoms with Crippen LogP contribution in [-0.4, -0.2) is 30.2 Å². The predicted octanol–water partition coefficient (Wildman–Crippen LogP) is 5.33. The number of methoxy groups -OCH3 is 2. The molecule has 1 aliphatic heterocycles.